The molecule has 1 unspecified atom stereocenters. The third-order valence-corrected chi connectivity index (χ3v) is 5.01. The van der Waals surface area contributed by atoms with E-state index in [4.69, 9.17) is 0 Å². The van der Waals surface area contributed by atoms with Gasteiger partial charge in [-0.3, -0.25) is 4.79 Å². The first-order chi connectivity index (χ1) is 8.96. The van der Waals surface area contributed by atoms with E-state index in [9.17, 15) is 9.90 Å². The summed E-state index contributed by atoms with van der Waals surface area (Å²) in [6.07, 6.45) is 0.533. The summed E-state index contributed by atoms with van der Waals surface area (Å²) in [5.41, 5.74) is 0.147. The van der Waals surface area contributed by atoms with E-state index < -0.39 is 5.60 Å². The molecule has 2 heterocycles. The van der Waals surface area contributed by atoms with Crippen molar-refractivity contribution in [3.05, 3.63) is 43.2 Å². The maximum absolute atomic E-state index is 11.9. The van der Waals surface area contributed by atoms with Crippen LogP contribution in [0.5, 0.6) is 0 Å². The fraction of sp³-hybridized carbons (Fsp3) is 0.308. The summed E-state index contributed by atoms with van der Waals surface area (Å²) in [6.45, 7) is 1.96. The first-order valence-corrected chi connectivity index (χ1v) is 8.33. The van der Waals surface area contributed by atoms with Crippen molar-refractivity contribution in [1.82, 2.24) is 5.32 Å². The molecule has 0 saturated carbocycles. The van der Waals surface area contributed by atoms with Gasteiger partial charge in [-0.25, -0.2) is 0 Å². The Morgan fingerprint density at radius 3 is 2.89 bits per heavy atom. The molecule has 2 aromatic heterocycles. The van der Waals surface area contributed by atoms with Crippen molar-refractivity contribution in [2.75, 3.05) is 6.54 Å². The predicted molar refractivity (Wildman–Crippen MR) is 83.0 cm³/mol. The average molecular weight is 360 g/mol. The minimum absolute atomic E-state index is 0.152. The molecule has 2 N–H and O–H groups in total. The van der Waals surface area contributed by atoms with E-state index >= 15 is 0 Å². The van der Waals surface area contributed by atoms with Gasteiger partial charge in [-0.2, -0.15) is 11.3 Å². The van der Waals surface area contributed by atoms with Gasteiger partial charge in [0.1, 0.15) is 0 Å². The van der Waals surface area contributed by atoms with E-state index in [-0.39, 0.29) is 12.5 Å². The first-order valence-electron chi connectivity index (χ1n) is 5.72. The largest absolute Gasteiger partial charge is 0.388 e. The summed E-state index contributed by atoms with van der Waals surface area (Å²) in [7, 11) is 0. The van der Waals surface area contributed by atoms with Gasteiger partial charge in [0.25, 0.3) is 5.91 Å². The average Bonchev–Trinajstić information content (AvgIpc) is 2.97. The van der Waals surface area contributed by atoms with Crippen molar-refractivity contribution in [3.63, 3.8) is 0 Å². The lowest BCUT2D eigenvalue weighted by Gasteiger charge is -2.23. The Bertz CT molecular complexity index is 549. The van der Waals surface area contributed by atoms with E-state index in [0.717, 1.165) is 10.0 Å². The Morgan fingerprint density at radius 1 is 1.53 bits per heavy atom. The van der Waals surface area contributed by atoms with Crippen molar-refractivity contribution in [2.45, 2.75) is 18.9 Å². The van der Waals surface area contributed by atoms with Crippen molar-refractivity contribution in [1.29, 1.82) is 0 Å². The van der Waals surface area contributed by atoms with Gasteiger partial charge in [-0.15, -0.1) is 11.3 Å². The molecule has 0 saturated heterocycles. The van der Waals surface area contributed by atoms with Crippen molar-refractivity contribution in [3.8, 4) is 0 Å². The van der Waals surface area contributed by atoms with Crippen LogP contribution in [0.15, 0.2) is 32.7 Å². The Hall–Kier alpha value is -0.690. The van der Waals surface area contributed by atoms with Gasteiger partial charge in [0.05, 0.1) is 10.5 Å². The van der Waals surface area contributed by atoms with Gasteiger partial charge in [0.15, 0.2) is 0 Å². The summed E-state index contributed by atoms with van der Waals surface area (Å²) in [6, 6.07) is 3.75. The summed E-state index contributed by atoms with van der Waals surface area (Å²) in [4.78, 5) is 12.5. The summed E-state index contributed by atoms with van der Waals surface area (Å²) in [5.74, 6) is -0.152. The number of halogens is 1. The molecule has 102 valence electrons. The quantitative estimate of drug-likeness (QED) is 0.860. The predicted octanol–water partition coefficient (Wildman–Crippen LogP) is 3.30. The molecule has 0 bridgehead atoms. The van der Waals surface area contributed by atoms with Crippen LogP contribution in [0, 0.1) is 0 Å². The molecule has 0 fully saturated rings. The zero-order valence-electron chi connectivity index (χ0n) is 10.4. The van der Waals surface area contributed by atoms with Gasteiger partial charge in [-0.1, -0.05) is 0 Å². The lowest BCUT2D eigenvalue weighted by atomic mass is 9.98. The molecule has 0 radical (unpaired) electrons. The number of rotatable bonds is 5. The molecule has 0 aliphatic heterocycles. The highest BCUT2D eigenvalue weighted by Crippen LogP contribution is 2.20. The van der Waals surface area contributed by atoms with E-state index in [1.54, 1.807) is 24.3 Å². The maximum atomic E-state index is 11.9. The van der Waals surface area contributed by atoms with Crippen LogP contribution in [0.1, 0.15) is 22.2 Å². The number of nitrogens with one attached hydrogen (secondary N) is 1. The van der Waals surface area contributed by atoms with Crippen LogP contribution in [0.25, 0.3) is 0 Å². The van der Waals surface area contributed by atoms with E-state index in [1.807, 2.05) is 22.2 Å². The zero-order chi connectivity index (χ0) is 13.9. The number of carbonyl (C=O) groups is 1. The highest BCUT2D eigenvalue weighted by Gasteiger charge is 2.22. The smallest absolute Gasteiger partial charge is 0.261 e. The van der Waals surface area contributed by atoms with Gasteiger partial charge in [0, 0.05) is 22.8 Å². The minimum atomic E-state index is -0.939. The van der Waals surface area contributed by atoms with Crippen LogP contribution >= 0.6 is 38.6 Å². The molecule has 2 rings (SSSR count). The van der Waals surface area contributed by atoms with Gasteiger partial charge in [-0.05, 0) is 51.3 Å². The van der Waals surface area contributed by atoms with Crippen molar-refractivity contribution < 1.29 is 9.90 Å². The van der Waals surface area contributed by atoms with Gasteiger partial charge < -0.3 is 10.4 Å². The topological polar surface area (TPSA) is 49.3 Å². The third-order valence-electron chi connectivity index (χ3n) is 2.59. The Labute approximate surface area is 128 Å². The van der Waals surface area contributed by atoms with E-state index in [0.29, 0.717) is 11.3 Å². The van der Waals surface area contributed by atoms with Crippen LogP contribution in [0.2, 0.25) is 0 Å². The zero-order valence-corrected chi connectivity index (χ0v) is 13.6. The first kappa shape index (κ1) is 14.7. The molecule has 3 nitrogen and oxygen atoms in total. The summed E-state index contributed by atoms with van der Waals surface area (Å²) < 4.78 is 0.896. The second kappa shape index (κ2) is 6.17. The molecule has 0 aliphatic rings. The van der Waals surface area contributed by atoms with E-state index in [2.05, 4.69) is 21.2 Å². The highest BCUT2D eigenvalue weighted by molar-refractivity contribution is 9.10. The molecular weight excluding hydrogens is 346 g/mol. The van der Waals surface area contributed by atoms with Crippen LogP contribution in [0.4, 0.5) is 0 Å². The standard InChI is InChI=1S/C13H14BrNO2S2/c1-13(17,5-9-2-3-18-6-9)8-15-12(16)11-4-10(14)7-19-11/h2-4,6-7,17H,5,8H2,1H3,(H,15,16). The van der Waals surface area contributed by atoms with E-state index in [1.165, 1.54) is 11.3 Å². The fourth-order valence-corrected chi connectivity index (χ4v) is 3.70. The molecule has 1 atom stereocenters. The molecule has 0 aromatic carbocycles. The molecular formula is C13H14BrNO2S2. The normalized spacial score (nSPS) is 14.1. The molecule has 19 heavy (non-hydrogen) atoms. The highest BCUT2D eigenvalue weighted by atomic mass is 79.9. The second-order valence-electron chi connectivity index (χ2n) is 4.62. The number of hydrogen-bond donors (Lipinski definition) is 2. The Morgan fingerprint density at radius 2 is 2.32 bits per heavy atom. The van der Waals surface area contributed by atoms with Crippen LogP contribution in [-0.2, 0) is 6.42 Å². The molecule has 0 aliphatic carbocycles. The van der Waals surface area contributed by atoms with Crippen molar-refractivity contribution in [2.24, 2.45) is 0 Å². The van der Waals surface area contributed by atoms with Crippen LogP contribution in [0.3, 0.4) is 0 Å². The molecule has 6 heteroatoms. The maximum Gasteiger partial charge on any atom is 0.261 e. The second-order valence-corrected chi connectivity index (χ2v) is 7.22. The summed E-state index contributed by atoms with van der Waals surface area (Å²) in [5, 5.41) is 18.9. The number of carbonyl (C=O) groups excluding carboxylic acids is 1. The Balaban J connectivity index is 1.88. The van der Waals surface area contributed by atoms with Crippen LogP contribution in [-0.4, -0.2) is 23.2 Å². The fourth-order valence-electron chi connectivity index (χ4n) is 1.69. The third kappa shape index (κ3) is 4.42. The minimum Gasteiger partial charge on any atom is -0.388 e. The SMILES string of the molecule is CC(O)(CNC(=O)c1cc(Br)cs1)Cc1ccsc1. The van der Waals surface area contributed by atoms with Gasteiger partial charge >= 0.3 is 0 Å². The lowest BCUT2D eigenvalue weighted by molar-refractivity contribution is 0.0555. The molecule has 1 amide bonds. The van der Waals surface area contributed by atoms with Crippen molar-refractivity contribution >= 4 is 44.5 Å². The number of amides is 1. The monoisotopic (exact) mass is 359 g/mol. The number of thiophene rings is 2. The lowest BCUT2D eigenvalue weighted by Crippen LogP contribution is -2.41. The number of aliphatic hydroxyl groups is 1. The van der Waals surface area contributed by atoms with Gasteiger partial charge in [0.2, 0.25) is 0 Å². The Kier molecular flexibility index (Phi) is 4.78. The summed E-state index contributed by atoms with van der Waals surface area (Å²) >= 11 is 6.29. The molecule has 0 spiro atoms. The van der Waals surface area contributed by atoms with Crippen LogP contribution < -0.4 is 5.32 Å². The molecule has 2 aromatic rings. The number of hydrogen-bond acceptors (Lipinski definition) is 4.